The van der Waals surface area contributed by atoms with Gasteiger partial charge in [-0.25, -0.2) is 4.58 Å². The molecule has 0 aromatic carbocycles. The monoisotopic (exact) mass is 310 g/mol. The van der Waals surface area contributed by atoms with Crippen LogP contribution in [0.1, 0.15) is 27.7 Å². The van der Waals surface area contributed by atoms with E-state index in [0.29, 0.717) is 31.9 Å². The van der Waals surface area contributed by atoms with Crippen molar-refractivity contribution in [1.82, 2.24) is 4.90 Å². The van der Waals surface area contributed by atoms with Crippen LogP contribution >= 0.6 is 0 Å². The Bertz CT molecular complexity index is 471. The third kappa shape index (κ3) is 2.85. The summed E-state index contributed by atoms with van der Waals surface area (Å²) < 4.78 is 13.3. The number of ether oxygens (including phenoxy) is 2. The van der Waals surface area contributed by atoms with Gasteiger partial charge in [0.1, 0.15) is 12.2 Å². The van der Waals surface area contributed by atoms with Crippen LogP contribution in [0.4, 0.5) is 0 Å². The second-order valence-corrected chi connectivity index (χ2v) is 6.99. The summed E-state index contributed by atoms with van der Waals surface area (Å²) in [6.45, 7) is 10.5. The largest absolute Gasteiger partial charge is 0.843 e. The molecule has 2 saturated heterocycles. The van der Waals surface area contributed by atoms with E-state index >= 15 is 0 Å². The lowest BCUT2D eigenvalue weighted by atomic mass is 9.82. The maximum Gasteiger partial charge on any atom is 0.236 e. The van der Waals surface area contributed by atoms with Crippen molar-refractivity contribution < 1.29 is 24.0 Å². The number of hydrogen-bond acceptors (Lipinski definition) is 5. The van der Waals surface area contributed by atoms with E-state index in [9.17, 15) is 9.90 Å². The van der Waals surface area contributed by atoms with Gasteiger partial charge in [-0.05, 0) is 33.8 Å². The Morgan fingerprint density at radius 1 is 1.00 bits per heavy atom. The summed E-state index contributed by atoms with van der Waals surface area (Å²) in [5.41, 5.74) is 0.457. The van der Waals surface area contributed by atoms with E-state index in [2.05, 4.69) is 0 Å². The lowest BCUT2D eigenvalue weighted by Gasteiger charge is -2.49. The van der Waals surface area contributed by atoms with Crippen LogP contribution in [0.15, 0.2) is 0 Å². The molecule has 2 aliphatic heterocycles. The van der Waals surface area contributed by atoms with Crippen molar-refractivity contribution in [3.05, 3.63) is 0 Å². The molecule has 22 heavy (non-hydrogen) atoms. The highest BCUT2D eigenvalue weighted by atomic mass is 16.5. The number of nitrogens with zero attached hydrogens (tertiary/aromatic N) is 2. The van der Waals surface area contributed by atoms with Crippen molar-refractivity contribution in [1.29, 1.82) is 0 Å². The van der Waals surface area contributed by atoms with Crippen LogP contribution in [-0.4, -0.2) is 83.7 Å². The molecule has 6 heteroatoms. The van der Waals surface area contributed by atoms with Crippen LogP contribution < -0.4 is 5.11 Å². The molecule has 0 aromatic heterocycles. The van der Waals surface area contributed by atoms with Crippen LogP contribution in [0.3, 0.4) is 0 Å². The molecular weight excluding hydrogens is 284 g/mol. The Morgan fingerprint density at radius 3 is 2.00 bits per heavy atom. The molecule has 1 saturated carbocycles. The number of Topliss-reactive ketones (excluding diaryl/α,β-unsaturated/α-hetero) is 1. The van der Waals surface area contributed by atoms with Gasteiger partial charge in [0.05, 0.1) is 18.2 Å². The normalized spacial score (nSPS) is 47.4. The molecule has 3 aliphatic rings. The third-order valence-electron chi connectivity index (χ3n) is 4.68. The van der Waals surface area contributed by atoms with E-state index in [-0.39, 0.29) is 30.2 Å². The highest BCUT2D eigenvalue weighted by Gasteiger charge is 2.51. The molecule has 6 atom stereocenters. The van der Waals surface area contributed by atoms with Gasteiger partial charge in [0.25, 0.3) is 0 Å². The van der Waals surface area contributed by atoms with Gasteiger partial charge < -0.3 is 14.6 Å². The van der Waals surface area contributed by atoms with E-state index < -0.39 is 12.1 Å². The fourth-order valence-electron chi connectivity index (χ4n) is 3.99. The lowest BCUT2D eigenvalue weighted by molar-refractivity contribution is -0.576. The highest BCUT2D eigenvalue weighted by Crippen LogP contribution is 2.24. The molecule has 1 aliphatic carbocycles. The Hall–Kier alpha value is -0.820. The van der Waals surface area contributed by atoms with E-state index in [1.165, 1.54) is 0 Å². The Balaban J connectivity index is 1.75. The van der Waals surface area contributed by atoms with E-state index in [4.69, 9.17) is 9.47 Å². The van der Waals surface area contributed by atoms with Crippen LogP contribution in [-0.2, 0) is 14.3 Å². The van der Waals surface area contributed by atoms with E-state index in [1.807, 2.05) is 37.2 Å². The van der Waals surface area contributed by atoms with Crippen molar-refractivity contribution in [2.75, 3.05) is 26.2 Å². The fourth-order valence-corrected chi connectivity index (χ4v) is 3.99. The predicted octanol–water partition coefficient (Wildman–Crippen LogP) is -0.963. The SMILES string of the molecule is C[C@@H]1CN(C2C(=O)C(=[N+]3C[C@@H](C)O[C@@H](C)C3)C2[O-])C[C@H](C)O1. The second kappa shape index (κ2) is 6.00. The summed E-state index contributed by atoms with van der Waals surface area (Å²) in [4.78, 5) is 14.6. The second-order valence-electron chi connectivity index (χ2n) is 6.99. The van der Waals surface area contributed by atoms with Crippen molar-refractivity contribution in [2.24, 2.45) is 0 Å². The molecule has 2 unspecified atom stereocenters. The number of carbonyl (C=O) groups is 1. The van der Waals surface area contributed by atoms with Gasteiger partial charge in [0.15, 0.2) is 13.1 Å². The molecule has 3 rings (SSSR count). The molecule has 6 nitrogen and oxygen atoms in total. The van der Waals surface area contributed by atoms with Crippen molar-refractivity contribution in [3.63, 3.8) is 0 Å². The summed E-state index contributed by atoms with van der Waals surface area (Å²) in [7, 11) is 0. The Labute approximate surface area is 131 Å². The minimum Gasteiger partial charge on any atom is -0.843 e. The molecule has 0 radical (unpaired) electrons. The minimum atomic E-state index is -0.942. The van der Waals surface area contributed by atoms with Crippen LogP contribution in [0.5, 0.6) is 0 Å². The average Bonchev–Trinajstić information content (AvgIpc) is 2.36. The third-order valence-corrected chi connectivity index (χ3v) is 4.68. The molecule has 0 bridgehead atoms. The summed E-state index contributed by atoms with van der Waals surface area (Å²) in [6, 6.07) is -0.516. The van der Waals surface area contributed by atoms with Gasteiger partial charge in [-0.2, -0.15) is 0 Å². The Kier molecular flexibility index (Phi) is 4.38. The number of carbonyl (C=O) groups excluding carboxylic acids is 1. The average molecular weight is 310 g/mol. The first-order valence-corrected chi connectivity index (χ1v) is 8.23. The van der Waals surface area contributed by atoms with Crippen LogP contribution in [0.25, 0.3) is 0 Å². The van der Waals surface area contributed by atoms with Gasteiger partial charge in [-0.15, -0.1) is 0 Å². The lowest BCUT2D eigenvalue weighted by Crippen LogP contribution is -2.74. The zero-order valence-corrected chi connectivity index (χ0v) is 13.8. The quantitative estimate of drug-likeness (QED) is 0.584. The summed E-state index contributed by atoms with van der Waals surface area (Å²) in [5.74, 6) is 0.00241. The van der Waals surface area contributed by atoms with Gasteiger partial charge >= 0.3 is 0 Å². The van der Waals surface area contributed by atoms with Crippen LogP contribution in [0, 0.1) is 0 Å². The predicted molar refractivity (Wildman–Crippen MR) is 79.2 cm³/mol. The van der Waals surface area contributed by atoms with Gasteiger partial charge in [-0.3, -0.25) is 9.69 Å². The molecule has 0 amide bonds. The van der Waals surface area contributed by atoms with E-state index in [0.717, 1.165) is 0 Å². The molecule has 0 spiro atoms. The first-order valence-electron chi connectivity index (χ1n) is 8.23. The summed E-state index contributed by atoms with van der Waals surface area (Å²) in [5, 5.41) is 12.7. The molecule has 0 aromatic rings. The van der Waals surface area contributed by atoms with Gasteiger partial charge in [0.2, 0.25) is 11.5 Å². The molecule has 0 N–H and O–H groups in total. The standard InChI is InChI=1S/C16H26N2O4/c1-9-5-17(6-10(2)21-9)13-15(19)14(16(13)20)18-7-11(3)22-12(4)8-18/h9-13,15H,5-8H2,1-4H3/t9-,10+,11-,12+,13?,15?. The maximum atomic E-state index is 12.7. The smallest absolute Gasteiger partial charge is 0.236 e. The van der Waals surface area contributed by atoms with Crippen molar-refractivity contribution in [2.45, 2.75) is 64.3 Å². The first kappa shape index (κ1) is 16.1. The fraction of sp³-hybridized carbons (Fsp3) is 0.875. The van der Waals surface area contributed by atoms with Gasteiger partial charge in [-0.1, -0.05) is 0 Å². The maximum absolute atomic E-state index is 12.7. The topological polar surface area (TPSA) is 64.8 Å². The molecular formula is C16H26N2O4. The van der Waals surface area contributed by atoms with Crippen molar-refractivity contribution >= 4 is 11.5 Å². The number of morpholine rings is 2. The summed E-state index contributed by atoms with van der Waals surface area (Å²) in [6.07, 6.45) is -0.701. The van der Waals surface area contributed by atoms with Gasteiger partial charge in [0, 0.05) is 13.1 Å². The van der Waals surface area contributed by atoms with E-state index in [1.54, 1.807) is 0 Å². The first-order chi connectivity index (χ1) is 10.4. The van der Waals surface area contributed by atoms with Crippen LogP contribution in [0.2, 0.25) is 0 Å². The highest BCUT2D eigenvalue weighted by molar-refractivity contribution is 6.48. The zero-order chi connectivity index (χ0) is 16.0. The minimum absolute atomic E-state index is 0.00241. The molecule has 2 heterocycles. The number of rotatable bonds is 1. The molecule has 124 valence electrons. The van der Waals surface area contributed by atoms with Crippen molar-refractivity contribution in [3.8, 4) is 0 Å². The number of ketones is 1. The zero-order valence-electron chi connectivity index (χ0n) is 13.8. The summed E-state index contributed by atoms with van der Waals surface area (Å²) >= 11 is 0. The Morgan fingerprint density at radius 2 is 1.50 bits per heavy atom. The molecule has 3 fully saturated rings. The number of hydrogen-bond donors (Lipinski definition) is 0.